The molecule has 0 saturated heterocycles. The first-order valence-corrected chi connectivity index (χ1v) is 6.87. The Morgan fingerprint density at radius 3 is 2.89 bits per heavy atom. The number of allylic oxidation sites excluding steroid dienone is 1. The first kappa shape index (κ1) is 13.3. The minimum atomic E-state index is -0.724. The number of nitrogens with zero attached hydrogens (tertiary/aromatic N) is 1. The molecule has 4 nitrogen and oxygen atoms in total. The molecule has 1 aromatic rings. The highest BCUT2D eigenvalue weighted by molar-refractivity contribution is 14.1. The van der Waals surface area contributed by atoms with E-state index in [9.17, 15) is 9.18 Å². The van der Waals surface area contributed by atoms with Crippen LogP contribution in [0.15, 0.2) is 30.2 Å². The van der Waals surface area contributed by atoms with Gasteiger partial charge in [0, 0.05) is 24.0 Å². The maximum Gasteiger partial charge on any atom is 0.232 e. The summed E-state index contributed by atoms with van der Waals surface area (Å²) in [6, 6.07) is 4.69. The lowest BCUT2D eigenvalue weighted by Crippen LogP contribution is -2.29. The molecular formula is C12H12FIN2O2. The molecule has 1 aliphatic rings. The van der Waals surface area contributed by atoms with Gasteiger partial charge in [-0.25, -0.2) is 4.39 Å². The summed E-state index contributed by atoms with van der Waals surface area (Å²) in [5, 5.41) is 0. The number of halogens is 2. The van der Waals surface area contributed by atoms with Gasteiger partial charge < -0.3 is 15.4 Å². The largest absolute Gasteiger partial charge is 0.465 e. The highest BCUT2D eigenvalue weighted by Gasteiger charge is 2.26. The van der Waals surface area contributed by atoms with E-state index in [1.165, 1.54) is 6.07 Å². The molecule has 18 heavy (non-hydrogen) atoms. The van der Waals surface area contributed by atoms with Crippen molar-refractivity contribution in [2.75, 3.05) is 9.33 Å². The quantitative estimate of drug-likeness (QED) is 0.505. The third-order valence-electron chi connectivity index (χ3n) is 2.63. The molecule has 1 unspecified atom stereocenters. The number of hydrogen-bond donors (Lipinski definition) is 1. The van der Waals surface area contributed by atoms with Crippen LogP contribution in [0.3, 0.4) is 0 Å². The number of benzene rings is 1. The Morgan fingerprint density at radius 1 is 1.56 bits per heavy atom. The van der Waals surface area contributed by atoms with Crippen molar-refractivity contribution >= 4 is 34.6 Å². The van der Waals surface area contributed by atoms with Crippen molar-refractivity contribution in [3.8, 4) is 0 Å². The molecule has 1 aromatic carbocycles. The fourth-order valence-corrected chi connectivity index (χ4v) is 2.09. The lowest BCUT2D eigenvalue weighted by molar-refractivity contribution is -0.114. The second-order valence-electron chi connectivity index (χ2n) is 3.76. The summed E-state index contributed by atoms with van der Waals surface area (Å²) >= 11 is 2.14. The molecule has 0 spiro atoms. The molecule has 0 aliphatic carbocycles. The van der Waals surface area contributed by atoms with Crippen LogP contribution in [0.4, 0.5) is 10.1 Å². The van der Waals surface area contributed by atoms with Crippen molar-refractivity contribution in [3.63, 3.8) is 0 Å². The van der Waals surface area contributed by atoms with Gasteiger partial charge in [0.15, 0.2) is 6.29 Å². The zero-order valence-corrected chi connectivity index (χ0v) is 11.6. The molecule has 0 saturated carbocycles. The number of aldehydes is 1. The van der Waals surface area contributed by atoms with Crippen LogP contribution in [0.25, 0.3) is 0 Å². The van der Waals surface area contributed by atoms with Crippen molar-refractivity contribution in [1.82, 2.24) is 0 Å². The molecule has 1 aliphatic heterocycles. The maximum absolute atomic E-state index is 13.7. The average Bonchev–Trinajstić information content (AvgIpc) is 2.82. The molecule has 0 bridgehead atoms. The standard InChI is InChI=1S/C12H12FIN2O2/c13-11-3-9(2-1-8(11)5-15)16-6-10(4-14)18-12(16)7-17/h1-3,6-7,12H,4-5,15H2. The molecule has 0 aromatic heterocycles. The van der Waals surface area contributed by atoms with Gasteiger partial charge in [-0.1, -0.05) is 28.7 Å². The van der Waals surface area contributed by atoms with Crippen LogP contribution in [0.1, 0.15) is 5.56 Å². The van der Waals surface area contributed by atoms with Crippen LogP contribution >= 0.6 is 22.6 Å². The summed E-state index contributed by atoms with van der Waals surface area (Å²) in [4.78, 5) is 12.5. The predicted molar refractivity (Wildman–Crippen MR) is 74.7 cm³/mol. The number of anilines is 1. The van der Waals surface area contributed by atoms with Crippen LogP contribution < -0.4 is 10.6 Å². The minimum Gasteiger partial charge on any atom is -0.465 e. The van der Waals surface area contributed by atoms with Crippen LogP contribution in [0.5, 0.6) is 0 Å². The number of ether oxygens (including phenoxy) is 1. The monoisotopic (exact) mass is 362 g/mol. The van der Waals surface area contributed by atoms with Gasteiger partial charge in [-0.2, -0.15) is 0 Å². The molecule has 2 rings (SSSR count). The highest BCUT2D eigenvalue weighted by Crippen LogP contribution is 2.27. The number of alkyl halides is 1. The van der Waals surface area contributed by atoms with Crippen molar-refractivity contribution in [2.24, 2.45) is 5.73 Å². The van der Waals surface area contributed by atoms with Crippen molar-refractivity contribution in [2.45, 2.75) is 12.8 Å². The zero-order chi connectivity index (χ0) is 13.1. The van der Waals surface area contributed by atoms with Crippen LogP contribution in [0, 0.1) is 5.82 Å². The number of rotatable bonds is 4. The topological polar surface area (TPSA) is 55.6 Å². The third-order valence-corrected chi connectivity index (χ3v) is 3.38. The SMILES string of the molecule is NCc1ccc(N2C=C(CI)OC2C=O)cc1F. The first-order chi connectivity index (χ1) is 8.69. The summed E-state index contributed by atoms with van der Waals surface area (Å²) < 4.78 is 19.7. The number of hydrogen-bond acceptors (Lipinski definition) is 4. The summed E-state index contributed by atoms with van der Waals surface area (Å²) in [5.41, 5.74) is 6.42. The predicted octanol–water partition coefficient (Wildman–Crippen LogP) is 1.92. The molecule has 0 radical (unpaired) electrons. The van der Waals surface area contributed by atoms with Gasteiger partial charge in [0.05, 0.1) is 4.43 Å². The Kier molecular flexibility index (Phi) is 4.18. The van der Waals surface area contributed by atoms with Crippen molar-refractivity contribution < 1.29 is 13.9 Å². The summed E-state index contributed by atoms with van der Waals surface area (Å²) in [6.07, 6.45) is 1.67. The van der Waals surface area contributed by atoms with Gasteiger partial charge in [-0.3, -0.25) is 4.79 Å². The fourth-order valence-electron chi connectivity index (χ4n) is 1.71. The second kappa shape index (κ2) is 5.66. The Morgan fingerprint density at radius 2 is 2.33 bits per heavy atom. The molecule has 6 heteroatoms. The molecule has 96 valence electrons. The van der Waals surface area contributed by atoms with E-state index < -0.39 is 6.23 Å². The zero-order valence-electron chi connectivity index (χ0n) is 9.48. The van der Waals surface area contributed by atoms with E-state index in [-0.39, 0.29) is 12.4 Å². The summed E-state index contributed by atoms with van der Waals surface area (Å²) in [6.45, 7) is 0.147. The van der Waals surface area contributed by atoms with Crippen molar-refractivity contribution in [3.05, 3.63) is 41.5 Å². The highest BCUT2D eigenvalue weighted by atomic mass is 127. The summed E-state index contributed by atoms with van der Waals surface area (Å²) in [5.74, 6) is 0.312. The maximum atomic E-state index is 13.7. The van der Waals surface area contributed by atoms with E-state index in [1.54, 1.807) is 23.2 Å². The lowest BCUT2D eigenvalue weighted by atomic mass is 10.2. The Bertz CT molecular complexity index is 493. The molecule has 2 N–H and O–H groups in total. The second-order valence-corrected chi connectivity index (χ2v) is 4.52. The van der Waals surface area contributed by atoms with Gasteiger partial charge in [0.25, 0.3) is 0 Å². The fraction of sp³-hybridized carbons (Fsp3) is 0.250. The molecular weight excluding hydrogens is 350 g/mol. The third kappa shape index (κ3) is 2.49. The molecule has 0 fully saturated rings. The van der Waals surface area contributed by atoms with E-state index in [0.29, 0.717) is 27.7 Å². The Labute approximate surface area is 118 Å². The van der Waals surface area contributed by atoms with Crippen LogP contribution in [-0.4, -0.2) is 16.9 Å². The molecule has 1 atom stereocenters. The van der Waals surface area contributed by atoms with Gasteiger partial charge in [0.1, 0.15) is 11.6 Å². The number of carbonyl (C=O) groups is 1. The smallest absolute Gasteiger partial charge is 0.232 e. The Hall–Kier alpha value is -1.15. The van der Waals surface area contributed by atoms with E-state index in [4.69, 9.17) is 10.5 Å². The number of carbonyl (C=O) groups excluding carboxylic acids is 1. The summed E-state index contributed by atoms with van der Waals surface area (Å²) in [7, 11) is 0. The van der Waals surface area contributed by atoms with E-state index in [1.807, 2.05) is 0 Å². The van der Waals surface area contributed by atoms with Crippen LogP contribution in [0.2, 0.25) is 0 Å². The van der Waals surface area contributed by atoms with Crippen LogP contribution in [-0.2, 0) is 16.1 Å². The molecule has 0 amide bonds. The minimum absolute atomic E-state index is 0.147. The van der Waals surface area contributed by atoms with Crippen molar-refractivity contribution in [1.29, 1.82) is 0 Å². The Balaban J connectivity index is 2.32. The lowest BCUT2D eigenvalue weighted by Gasteiger charge is -2.20. The van der Waals surface area contributed by atoms with E-state index in [0.717, 1.165) is 0 Å². The van der Waals surface area contributed by atoms with Gasteiger partial charge in [0.2, 0.25) is 6.23 Å². The van der Waals surface area contributed by atoms with Gasteiger partial charge >= 0.3 is 0 Å². The molecule has 1 heterocycles. The van der Waals surface area contributed by atoms with Gasteiger partial charge in [-0.05, 0) is 12.1 Å². The van der Waals surface area contributed by atoms with Gasteiger partial charge in [-0.15, -0.1) is 0 Å². The normalized spacial score (nSPS) is 18.5. The number of nitrogens with two attached hydrogens (primary N) is 1. The average molecular weight is 362 g/mol. The first-order valence-electron chi connectivity index (χ1n) is 5.35. The van der Waals surface area contributed by atoms with E-state index >= 15 is 0 Å². The van der Waals surface area contributed by atoms with E-state index in [2.05, 4.69) is 22.6 Å².